The molecule has 0 amide bonds. The van der Waals surface area contributed by atoms with Crippen LogP contribution in [0.4, 0.5) is 0 Å². The first-order valence-corrected chi connectivity index (χ1v) is 8.16. The van der Waals surface area contributed by atoms with E-state index in [4.69, 9.17) is 12.2 Å². The molecule has 0 fully saturated rings. The summed E-state index contributed by atoms with van der Waals surface area (Å²) in [6.45, 7) is 4.23. The number of fused-ring (bicyclic) bond motifs is 1. The molecule has 110 valence electrons. The van der Waals surface area contributed by atoms with Gasteiger partial charge in [0.15, 0.2) is 10.4 Å². The highest BCUT2D eigenvalue weighted by molar-refractivity contribution is 9.10. The number of imidazole rings is 1. The smallest absolute Gasteiger partial charge is 0.184 e. The van der Waals surface area contributed by atoms with Gasteiger partial charge in [0.1, 0.15) is 5.52 Å². The number of aromatic nitrogens is 4. The molecular weight excluding hydrogens is 348 g/mol. The topological polar surface area (TPSA) is 38.5 Å². The van der Waals surface area contributed by atoms with Gasteiger partial charge in [-0.25, -0.2) is 4.68 Å². The summed E-state index contributed by atoms with van der Waals surface area (Å²) in [7, 11) is 1.96. The van der Waals surface area contributed by atoms with Gasteiger partial charge in [0.2, 0.25) is 0 Å². The fourth-order valence-electron chi connectivity index (χ4n) is 2.64. The molecular formula is C15H17BrN4S. The molecule has 2 heterocycles. The largest absolute Gasteiger partial charge is 0.327 e. The first kappa shape index (κ1) is 14.5. The minimum absolute atomic E-state index is 0.696. The Labute approximate surface area is 136 Å². The number of H-pyrrole nitrogens is 1. The fraction of sp³-hybridized carbons (Fsp3) is 0.333. The number of hydrogen-bond donors (Lipinski definition) is 1. The number of hydrogen-bond acceptors (Lipinski definition) is 2. The predicted octanol–water partition coefficient (Wildman–Crippen LogP) is 4.45. The van der Waals surface area contributed by atoms with E-state index in [1.54, 1.807) is 0 Å². The monoisotopic (exact) mass is 364 g/mol. The van der Waals surface area contributed by atoms with Gasteiger partial charge in [-0.05, 0) is 59.2 Å². The van der Waals surface area contributed by atoms with Crippen molar-refractivity contribution in [3.63, 3.8) is 0 Å². The van der Waals surface area contributed by atoms with Gasteiger partial charge in [0.25, 0.3) is 0 Å². The third kappa shape index (κ3) is 2.36. The summed E-state index contributed by atoms with van der Waals surface area (Å²) in [5.41, 5.74) is 5.36. The number of aryl methyl sites for hydroxylation is 3. The molecule has 0 aliphatic carbocycles. The van der Waals surface area contributed by atoms with Crippen LogP contribution < -0.4 is 0 Å². The van der Waals surface area contributed by atoms with Crippen molar-refractivity contribution in [2.75, 3.05) is 0 Å². The SMILES string of the molecule is CCCc1nn(C)c2c1[nH]c(=S)n2-c1cc(C)ccc1Br. The highest BCUT2D eigenvalue weighted by atomic mass is 79.9. The maximum Gasteiger partial charge on any atom is 0.184 e. The Bertz CT molecular complexity index is 872. The van der Waals surface area contributed by atoms with E-state index in [1.807, 2.05) is 16.3 Å². The minimum atomic E-state index is 0.696. The van der Waals surface area contributed by atoms with Crippen LogP contribution in [0.25, 0.3) is 16.9 Å². The van der Waals surface area contributed by atoms with E-state index < -0.39 is 0 Å². The number of aromatic amines is 1. The van der Waals surface area contributed by atoms with Crippen LogP contribution in [0.2, 0.25) is 0 Å². The lowest BCUT2D eigenvalue weighted by molar-refractivity contribution is 0.735. The van der Waals surface area contributed by atoms with E-state index in [0.29, 0.717) is 4.77 Å². The molecule has 1 N–H and O–H groups in total. The average Bonchev–Trinajstić information content (AvgIpc) is 2.91. The first-order valence-electron chi connectivity index (χ1n) is 6.96. The highest BCUT2D eigenvalue weighted by Gasteiger charge is 2.17. The Hall–Kier alpha value is -1.40. The molecule has 0 atom stereocenters. The van der Waals surface area contributed by atoms with Gasteiger partial charge in [-0.2, -0.15) is 5.10 Å². The molecule has 0 aliphatic rings. The van der Waals surface area contributed by atoms with Gasteiger partial charge in [-0.1, -0.05) is 19.4 Å². The van der Waals surface area contributed by atoms with Crippen molar-refractivity contribution in [3.05, 3.63) is 38.7 Å². The van der Waals surface area contributed by atoms with E-state index in [2.05, 4.69) is 58.1 Å². The highest BCUT2D eigenvalue weighted by Crippen LogP contribution is 2.28. The van der Waals surface area contributed by atoms with Crippen LogP contribution >= 0.6 is 28.1 Å². The molecule has 2 aromatic heterocycles. The average molecular weight is 365 g/mol. The van der Waals surface area contributed by atoms with Crippen molar-refractivity contribution in [1.82, 2.24) is 19.3 Å². The van der Waals surface area contributed by atoms with Crippen LogP contribution in [-0.4, -0.2) is 19.3 Å². The molecule has 6 heteroatoms. The predicted molar refractivity (Wildman–Crippen MR) is 91.7 cm³/mol. The van der Waals surface area contributed by atoms with Crippen molar-refractivity contribution in [1.29, 1.82) is 0 Å². The molecule has 3 aromatic rings. The van der Waals surface area contributed by atoms with Gasteiger partial charge in [-0.15, -0.1) is 0 Å². The first-order chi connectivity index (χ1) is 10.0. The normalized spacial score (nSPS) is 11.4. The molecule has 4 nitrogen and oxygen atoms in total. The zero-order valence-electron chi connectivity index (χ0n) is 12.3. The van der Waals surface area contributed by atoms with Gasteiger partial charge in [0.05, 0.1) is 11.4 Å². The third-order valence-corrected chi connectivity index (χ3v) is 4.52. The maximum absolute atomic E-state index is 5.54. The van der Waals surface area contributed by atoms with E-state index in [0.717, 1.165) is 39.9 Å². The second-order valence-corrected chi connectivity index (χ2v) is 6.48. The Kier molecular flexibility index (Phi) is 3.75. The molecule has 0 aliphatic heterocycles. The molecule has 3 rings (SSSR count). The number of nitrogens with zero attached hydrogens (tertiary/aromatic N) is 3. The summed E-state index contributed by atoms with van der Waals surface area (Å²) in [4.78, 5) is 3.32. The van der Waals surface area contributed by atoms with Crippen LogP contribution in [-0.2, 0) is 13.5 Å². The molecule has 0 radical (unpaired) electrons. The second kappa shape index (κ2) is 5.42. The Morgan fingerprint density at radius 1 is 1.38 bits per heavy atom. The van der Waals surface area contributed by atoms with Gasteiger partial charge in [-0.3, -0.25) is 4.57 Å². The van der Waals surface area contributed by atoms with Crippen LogP contribution in [0.3, 0.4) is 0 Å². The molecule has 0 saturated heterocycles. The molecule has 1 aromatic carbocycles. The Morgan fingerprint density at radius 3 is 2.86 bits per heavy atom. The summed E-state index contributed by atoms with van der Waals surface area (Å²) in [6.07, 6.45) is 2.01. The lowest BCUT2D eigenvalue weighted by atomic mass is 10.2. The summed E-state index contributed by atoms with van der Waals surface area (Å²) in [5, 5.41) is 4.62. The minimum Gasteiger partial charge on any atom is -0.327 e. The Balaban J connectivity index is 2.35. The van der Waals surface area contributed by atoms with Crippen LogP contribution in [0.5, 0.6) is 0 Å². The van der Waals surface area contributed by atoms with E-state index in [1.165, 1.54) is 5.56 Å². The molecule has 0 spiro atoms. The van der Waals surface area contributed by atoms with Gasteiger partial charge in [0, 0.05) is 11.5 Å². The summed E-state index contributed by atoms with van der Waals surface area (Å²) < 4.78 is 5.67. The van der Waals surface area contributed by atoms with E-state index in [-0.39, 0.29) is 0 Å². The van der Waals surface area contributed by atoms with Crippen molar-refractivity contribution >= 4 is 39.3 Å². The second-order valence-electron chi connectivity index (χ2n) is 5.24. The van der Waals surface area contributed by atoms with Crippen LogP contribution in [0, 0.1) is 11.7 Å². The molecule has 21 heavy (non-hydrogen) atoms. The number of nitrogens with one attached hydrogen (secondary N) is 1. The zero-order valence-corrected chi connectivity index (χ0v) is 14.7. The van der Waals surface area contributed by atoms with Crippen LogP contribution in [0.15, 0.2) is 22.7 Å². The molecule has 0 unspecified atom stereocenters. The fourth-order valence-corrected chi connectivity index (χ4v) is 3.35. The number of benzene rings is 1. The zero-order chi connectivity index (χ0) is 15.1. The van der Waals surface area contributed by atoms with Crippen molar-refractivity contribution in [3.8, 4) is 5.69 Å². The lowest BCUT2D eigenvalue weighted by Crippen LogP contribution is -2.02. The van der Waals surface area contributed by atoms with Crippen molar-refractivity contribution in [2.24, 2.45) is 7.05 Å². The summed E-state index contributed by atoms with van der Waals surface area (Å²) in [5.74, 6) is 0. The number of halogens is 1. The van der Waals surface area contributed by atoms with Crippen molar-refractivity contribution < 1.29 is 0 Å². The number of rotatable bonds is 3. The third-order valence-electron chi connectivity index (χ3n) is 3.57. The van der Waals surface area contributed by atoms with E-state index in [9.17, 15) is 0 Å². The van der Waals surface area contributed by atoms with Crippen LogP contribution in [0.1, 0.15) is 24.6 Å². The standard InChI is InChI=1S/C15H17BrN4S/c1-4-5-11-13-14(19(3)18-11)20(15(21)17-13)12-8-9(2)6-7-10(12)16/h6-8H,4-5H2,1-3H3,(H,17,21). The van der Waals surface area contributed by atoms with Gasteiger partial charge >= 0.3 is 0 Å². The molecule has 0 saturated carbocycles. The van der Waals surface area contributed by atoms with Gasteiger partial charge < -0.3 is 4.98 Å². The van der Waals surface area contributed by atoms with Crippen molar-refractivity contribution in [2.45, 2.75) is 26.7 Å². The van der Waals surface area contributed by atoms with E-state index >= 15 is 0 Å². The Morgan fingerprint density at radius 2 is 2.14 bits per heavy atom. The summed E-state index contributed by atoms with van der Waals surface area (Å²) >= 11 is 9.16. The lowest BCUT2D eigenvalue weighted by Gasteiger charge is -2.08. The summed E-state index contributed by atoms with van der Waals surface area (Å²) in [6, 6.07) is 6.25. The molecule has 0 bridgehead atoms. The maximum atomic E-state index is 5.54. The quantitative estimate of drug-likeness (QED) is 0.697.